The highest BCUT2D eigenvalue weighted by atomic mass is 19.4. The third-order valence-corrected chi connectivity index (χ3v) is 4.48. The molecule has 1 amide bonds. The predicted molar refractivity (Wildman–Crippen MR) is 104 cm³/mol. The molecule has 1 N–H and O–H groups in total. The number of amides is 1. The minimum atomic E-state index is -5.13. The predicted octanol–water partition coefficient (Wildman–Crippen LogP) is 1.26. The lowest BCUT2D eigenvalue weighted by Gasteiger charge is -2.39. The highest BCUT2D eigenvalue weighted by molar-refractivity contribution is 6.01. The van der Waals surface area contributed by atoms with Gasteiger partial charge in [0, 0.05) is 20.8 Å². The van der Waals surface area contributed by atoms with Gasteiger partial charge in [-0.25, -0.2) is 0 Å². The second-order valence-corrected chi connectivity index (χ2v) is 7.17. The Labute approximate surface area is 189 Å². The summed E-state index contributed by atoms with van der Waals surface area (Å²) in [6.45, 7) is 2.98. The van der Waals surface area contributed by atoms with E-state index in [1.54, 1.807) is 5.32 Å². The van der Waals surface area contributed by atoms with Crippen molar-refractivity contribution >= 4 is 40.5 Å². The molecule has 12 nitrogen and oxygen atoms in total. The van der Waals surface area contributed by atoms with Crippen LogP contribution in [0.3, 0.4) is 0 Å². The number of carbonyl (C=O) groups is 4. The van der Waals surface area contributed by atoms with Gasteiger partial charge in [0.1, 0.15) is 11.0 Å². The molecule has 1 unspecified atom stereocenters. The van der Waals surface area contributed by atoms with Crippen molar-refractivity contribution in [2.24, 2.45) is 0 Å². The average Bonchev–Trinajstić information content (AvgIpc) is 3.13. The van der Waals surface area contributed by atoms with Crippen LogP contribution in [-0.4, -0.2) is 69.9 Å². The Morgan fingerprint density at radius 2 is 1.62 bits per heavy atom. The monoisotopic (exact) mass is 488 g/mol. The van der Waals surface area contributed by atoms with Gasteiger partial charge in [0.15, 0.2) is 18.3 Å². The zero-order valence-corrected chi connectivity index (χ0v) is 18.0. The van der Waals surface area contributed by atoms with Crippen LogP contribution in [-0.2, 0) is 38.1 Å². The number of aromatic nitrogens is 3. The largest absolute Gasteiger partial charge is 0.471 e. The van der Waals surface area contributed by atoms with Crippen LogP contribution in [0.15, 0.2) is 18.2 Å². The van der Waals surface area contributed by atoms with Gasteiger partial charge in [-0.3, -0.25) is 19.2 Å². The maximum absolute atomic E-state index is 12.7. The quantitative estimate of drug-likeness (QED) is 0.482. The van der Waals surface area contributed by atoms with Gasteiger partial charge in [-0.2, -0.15) is 18.3 Å². The molecule has 4 atom stereocenters. The number of alkyl halides is 3. The molecule has 1 aliphatic heterocycles. The number of rotatable bonds is 5. The topological polar surface area (TPSA) is 148 Å². The number of esters is 3. The Kier molecular flexibility index (Phi) is 7.04. The first-order chi connectivity index (χ1) is 15.9. The van der Waals surface area contributed by atoms with Crippen molar-refractivity contribution in [1.82, 2.24) is 15.0 Å². The molecule has 0 aliphatic carbocycles. The third kappa shape index (κ3) is 5.59. The van der Waals surface area contributed by atoms with E-state index in [2.05, 4.69) is 10.2 Å². The lowest BCUT2D eigenvalue weighted by molar-refractivity contribution is -0.243. The van der Waals surface area contributed by atoms with Gasteiger partial charge in [-0.1, -0.05) is 6.07 Å². The molecule has 1 aliphatic rings. The zero-order chi connectivity index (χ0) is 25.2. The van der Waals surface area contributed by atoms with Gasteiger partial charge >= 0.3 is 30.0 Å². The van der Waals surface area contributed by atoms with E-state index in [-0.39, 0.29) is 23.3 Å². The SMILES string of the molecule is CC(=O)O[C@H]1[C@H](OC(C)=O)COC(n2nc3cccc(NC(=O)C(F)(F)F)c3n2)[C@@H]1OC(C)=O. The Morgan fingerprint density at radius 3 is 2.21 bits per heavy atom. The number of anilines is 1. The summed E-state index contributed by atoms with van der Waals surface area (Å²) in [5.41, 5.74) is -0.312. The first-order valence-corrected chi connectivity index (χ1v) is 9.73. The minimum Gasteiger partial charge on any atom is -0.456 e. The number of fused-ring (bicyclic) bond motifs is 1. The Balaban J connectivity index is 2.00. The van der Waals surface area contributed by atoms with Gasteiger partial charge < -0.3 is 24.3 Å². The molecule has 1 aromatic carbocycles. The first kappa shape index (κ1) is 24.9. The van der Waals surface area contributed by atoms with Crippen molar-refractivity contribution in [3.8, 4) is 0 Å². The van der Waals surface area contributed by atoms with E-state index in [0.717, 1.165) is 25.6 Å². The molecule has 0 saturated carbocycles. The standard InChI is InChI=1S/C19H19F3N4O8/c1-8(27)32-13-7-31-17(16(34-10(3)29)15(13)33-9(2)28)26-24-12-6-4-5-11(14(12)25-26)23-18(30)19(20,21)22/h4-6,13,15-17H,7H2,1-3H3,(H,23,30)/t13-,15+,16-,17?/m1/s1. The van der Waals surface area contributed by atoms with Crippen LogP contribution in [0.1, 0.15) is 27.0 Å². The summed E-state index contributed by atoms with van der Waals surface area (Å²) in [5, 5.41) is 9.93. The Hall–Kier alpha value is -3.75. The van der Waals surface area contributed by atoms with Crippen LogP contribution in [0, 0.1) is 0 Å². The fraction of sp³-hybridized carbons (Fsp3) is 0.474. The summed E-state index contributed by atoms with van der Waals surface area (Å²) < 4.78 is 59.3. The maximum Gasteiger partial charge on any atom is 0.471 e. The highest BCUT2D eigenvalue weighted by Crippen LogP contribution is 2.32. The molecule has 2 heterocycles. The molecule has 1 saturated heterocycles. The Morgan fingerprint density at radius 1 is 1.00 bits per heavy atom. The smallest absolute Gasteiger partial charge is 0.456 e. The number of nitrogens with one attached hydrogen (secondary N) is 1. The zero-order valence-electron chi connectivity index (χ0n) is 18.0. The highest BCUT2D eigenvalue weighted by Gasteiger charge is 2.48. The number of halogens is 3. The molecular weight excluding hydrogens is 469 g/mol. The van der Waals surface area contributed by atoms with Crippen molar-refractivity contribution in [1.29, 1.82) is 0 Å². The number of ether oxygens (including phenoxy) is 4. The van der Waals surface area contributed by atoms with E-state index >= 15 is 0 Å². The van der Waals surface area contributed by atoms with E-state index in [1.807, 2.05) is 0 Å². The van der Waals surface area contributed by atoms with Crippen molar-refractivity contribution in [2.75, 3.05) is 11.9 Å². The van der Waals surface area contributed by atoms with Crippen molar-refractivity contribution in [3.63, 3.8) is 0 Å². The molecule has 1 aromatic heterocycles. The van der Waals surface area contributed by atoms with Crippen molar-refractivity contribution in [3.05, 3.63) is 18.2 Å². The lowest BCUT2D eigenvalue weighted by Crippen LogP contribution is -2.55. The van der Waals surface area contributed by atoms with Crippen LogP contribution in [0.25, 0.3) is 11.0 Å². The number of hydrogen-bond acceptors (Lipinski definition) is 10. The summed E-state index contributed by atoms with van der Waals surface area (Å²) in [7, 11) is 0. The molecule has 2 aromatic rings. The maximum atomic E-state index is 12.7. The van der Waals surface area contributed by atoms with Gasteiger partial charge in [0.2, 0.25) is 6.23 Å². The average molecular weight is 488 g/mol. The lowest BCUT2D eigenvalue weighted by atomic mass is 10.0. The fourth-order valence-electron chi connectivity index (χ4n) is 3.28. The van der Waals surface area contributed by atoms with E-state index in [1.165, 1.54) is 18.2 Å². The van der Waals surface area contributed by atoms with Crippen LogP contribution in [0.5, 0.6) is 0 Å². The van der Waals surface area contributed by atoms with Crippen LogP contribution >= 0.6 is 0 Å². The molecule has 15 heteroatoms. The molecular formula is C19H19F3N4O8. The van der Waals surface area contributed by atoms with Gasteiger partial charge in [-0.15, -0.1) is 9.90 Å². The van der Waals surface area contributed by atoms with Crippen molar-refractivity contribution in [2.45, 2.75) is 51.5 Å². The molecule has 3 rings (SSSR count). The van der Waals surface area contributed by atoms with E-state index in [9.17, 15) is 32.3 Å². The second-order valence-electron chi connectivity index (χ2n) is 7.17. The summed E-state index contributed by atoms with van der Waals surface area (Å²) in [5.74, 6) is -4.48. The van der Waals surface area contributed by atoms with Gasteiger partial charge in [-0.05, 0) is 12.1 Å². The summed E-state index contributed by atoms with van der Waals surface area (Å²) in [6, 6.07) is 3.95. The molecule has 1 fully saturated rings. The van der Waals surface area contributed by atoms with Gasteiger partial charge in [0.05, 0.1) is 12.3 Å². The van der Waals surface area contributed by atoms with E-state index in [4.69, 9.17) is 18.9 Å². The second kappa shape index (κ2) is 9.62. The summed E-state index contributed by atoms with van der Waals surface area (Å²) >= 11 is 0. The summed E-state index contributed by atoms with van der Waals surface area (Å²) in [4.78, 5) is 47.2. The third-order valence-electron chi connectivity index (χ3n) is 4.48. The molecule has 34 heavy (non-hydrogen) atoms. The molecule has 0 spiro atoms. The van der Waals surface area contributed by atoms with E-state index < -0.39 is 54.5 Å². The number of hydrogen-bond donors (Lipinski definition) is 1. The van der Waals surface area contributed by atoms with Crippen LogP contribution in [0.2, 0.25) is 0 Å². The van der Waals surface area contributed by atoms with Gasteiger partial charge in [0.25, 0.3) is 0 Å². The number of benzene rings is 1. The normalized spacial score (nSPS) is 22.6. The fourth-order valence-corrected chi connectivity index (χ4v) is 3.28. The number of carbonyl (C=O) groups excluding carboxylic acids is 4. The molecule has 0 bridgehead atoms. The van der Waals surface area contributed by atoms with Crippen molar-refractivity contribution < 1.29 is 51.3 Å². The number of nitrogens with zero attached hydrogens (tertiary/aromatic N) is 3. The molecule has 0 radical (unpaired) electrons. The Bertz CT molecular complexity index is 1120. The summed E-state index contributed by atoms with van der Waals surface area (Å²) in [6.07, 6.45) is -10.3. The minimum absolute atomic E-state index is 0.0799. The van der Waals surface area contributed by atoms with Crippen LogP contribution < -0.4 is 5.32 Å². The van der Waals surface area contributed by atoms with E-state index in [0.29, 0.717) is 0 Å². The molecule has 184 valence electrons. The van der Waals surface area contributed by atoms with Crippen LogP contribution in [0.4, 0.5) is 18.9 Å². The first-order valence-electron chi connectivity index (χ1n) is 9.73.